The first kappa shape index (κ1) is 47.9. The monoisotopic (exact) mass is 755 g/mol. The Balaban J connectivity index is 2.42. The molecular weight excluding hydrogens is 685 g/mol. The van der Waals surface area contributed by atoms with E-state index in [1.165, 1.54) is 51.4 Å². The molecule has 300 valence electrons. The number of esters is 2. The van der Waals surface area contributed by atoms with Crippen molar-refractivity contribution < 1.29 is 47.5 Å². The summed E-state index contributed by atoms with van der Waals surface area (Å²) in [5.74, 6) is -1.21. The van der Waals surface area contributed by atoms with E-state index in [4.69, 9.17) is 24.3 Å². The summed E-state index contributed by atoms with van der Waals surface area (Å²) in [6.45, 7) is 3.38. The van der Waals surface area contributed by atoms with E-state index in [1.807, 2.05) is 24.3 Å². The van der Waals surface area contributed by atoms with Crippen LogP contribution in [0.1, 0.15) is 149 Å². The van der Waals surface area contributed by atoms with Crippen molar-refractivity contribution in [1.82, 2.24) is 0 Å². The van der Waals surface area contributed by atoms with Crippen LogP contribution in [0.3, 0.4) is 0 Å². The number of hydrogen-bond acceptors (Lipinski definition) is 10. The number of phosphoric acid groups is 1. The smallest absolute Gasteiger partial charge is 0.462 e. The summed E-state index contributed by atoms with van der Waals surface area (Å²) in [7, 11) is -4.43. The van der Waals surface area contributed by atoms with E-state index in [-0.39, 0.29) is 50.2 Å². The zero-order valence-electron chi connectivity index (χ0n) is 32.1. The molecule has 0 spiro atoms. The molecule has 5 atom stereocenters. The highest BCUT2D eigenvalue weighted by atomic mass is 31.2. The molecule has 0 aromatic heterocycles. The first-order valence-corrected chi connectivity index (χ1v) is 21.5. The standard InChI is InChI=1S/C40H70NO10P/c1-3-5-7-8-9-10-11-12-13-14-15-20-24-39(44)48-32-36(33-50-52(46,47)49-31-30-41)51-40(45)25-21-17-16-19-22-34-26-29-38(43)37(34)28-27-35(42)23-18-6-4-2/h16,19,26-29,34-37,42H,3-15,17-18,20-25,30-33,41H2,1-2H3,(H,46,47)/b19-16-,28-27+/t34-,35-,36+,37+/m0/s1. The summed E-state index contributed by atoms with van der Waals surface area (Å²) in [6.07, 6.45) is 29.5. The van der Waals surface area contributed by atoms with Crippen LogP contribution < -0.4 is 5.73 Å². The van der Waals surface area contributed by atoms with E-state index in [0.29, 0.717) is 32.1 Å². The molecule has 1 unspecified atom stereocenters. The lowest BCUT2D eigenvalue weighted by Crippen LogP contribution is -2.29. The van der Waals surface area contributed by atoms with E-state index < -0.39 is 38.6 Å². The topological polar surface area (TPSA) is 172 Å². The van der Waals surface area contributed by atoms with Gasteiger partial charge in [0.15, 0.2) is 11.9 Å². The number of ketones is 1. The third kappa shape index (κ3) is 25.8. The van der Waals surface area contributed by atoms with E-state index in [1.54, 1.807) is 12.2 Å². The zero-order chi connectivity index (χ0) is 38.3. The van der Waals surface area contributed by atoms with Crippen molar-refractivity contribution in [2.75, 3.05) is 26.4 Å². The third-order valence-corrected chi connectivity index (χ3v) is 10.0. The number of ether oxygens (including phenoxy) is 2. The van der Waals surface area contributed by atoms with Crippen molar-refractivity contribution in [2.45, 2.75) is 161 Å². The minimum atomic E-state index is -4.43. The maximum absolute atomic E-state index is 12.6. The van der Waals surface area contributed by atoms with Crippen LogP contribution in [-0.4, -0.2) is 66.3 Å². The summed E-state index contributed by atoms with van der Waals surface area (Å²) < 4.78 is 32.7. The molecule has 12 heteroatoms. The maximum Gasteiger partial charge on any atom is 0.472 e. The number of phosphoric ester groups is 1. The number of allylic oxidation sites excluding steroid dienone is 5. The molecular formula is C40H70NO10P. The Bertz CT molecular complexity index is 1090. The average Bonchev–Trinajstić information content (AvgIpc) is 3.47. The molecule has 0 aromatic carbocycles. The maximum atomic E-state index is 12.6. The van der Waals surface area contributed by atoms with Gasteiger partial charge < -0.3 is 25.2 Å². The zero-order valence-corrected chi connectivity index (χ0v) is 33.0. The molecule has 0 aromatic rings. The first-order chi connectivity index (χ1) is 25.1. The summed E-state index contributed by atoms with van der Waals surface area (Å²) in [5, 5.41) is 10.2. The van der Waals surface area contributed by atoms with Gasteiger partial charge in [-0.05, 0) is 44.1 Å². The van der Waals surface area contributed by atoms with Gasteiger partial charge in [0, 0.05) is 25.3 Å². The van der Waals surface area contributed by atoms with Crippen LogP contribution in [0.25, 0.3) is 0 Å². The van der Waals surface area contributed by atoms with Gasteiger partial charge in [-0.3, -0.25) is 23.4 Å². The molecule has 1 rings (SSSR count). The molecule has 0 aliphatic heterocycles. The second-order valence-electron chi connectivity index (χ2n) is 13.8. The van der Waals surface area contributed by atoms with E-state index >= 15 is 0 Å². The SMILES string of the molecule is CCCCCCCCCCCCCCC(=O)OC[C@H](COP(=O)(O)OCCN)OC(=O)CCC/C=C\C[C@H]1C=CC(=O)[C@@H]1/C=C/[C@@H](O)CCCCC. The van der Waals surface area contributed by atoms with Crippen LogP contribution in [0.2, 0.25) is 0 Å². The van der Waals surface area contributed by atoms with Gasteiger partial charge in [-0.1, -0.05) is 134 Å². The quantitative estimate of drug-likeness (QED) is 0.0249. The fraction of sp³-hybridized carbons (Fsp3) is 0.775. The summed E-state index contributed by atoms with van der Waals surface area (Å²) in [6, 6.07) is 0. The van der Waals surface area contributed by atoms with Crippen molar-refractivity contribution in [2.24, 2.45) is 17.6 Å². The van der Waals surface area contributed by atoms with Crippen LogP contribution in [0, 0.1) is 11.8 Å². The van der Waals surface area contributed by atoms with Gasteiger partial charge in [0.25, 0.3) is 0 Å². The van der Waals surface area contributed by atoms with Crippen LogP contribution in [0.5, 0.6) is 0 Å². The highest BCUT2D eigenvalue weighted by Crippen LogP contribution is 2.43. The fourth-order valence-corrected chi connectivity index (χ4v) is 6.68. The predicted octanol–water partition coefficient (Wildman–Crippen LogP) is 8.61. The number of nitrogens with two attached hydrogens (primary N) is 1. The van der Waals surface area contributed by atoms with Crippen molar-refractivity contribution in [1.29, 1.82) is 0 Å². The third-order valence-electron chi connectivity index (χ3n) is 9.03. The highest BCUT2D eigenvalue weighted by Gasteiger charge is 2.27. The molecule has 0 amide bonds. The van der Waals surface area contributed by atoms with Crippen molar-refractivity contribution in [3.63, 3.8) is 0 Å². The normalized spacial score (nSPS) is 18.3. The van der Waals surface area contributed by atoms with Crippen LogP contribution in [0.4, 0.5) is 0 Å². The van der Waals surface area contributed by atoms with E-state index in [9.17, 15) is 28.9 Å². The Morgan fingerprint density at radius 3 is 2.12 bits per heavy atom. The van der Waals surface area contributed by atoms with Gasteiger partial charge in [-0.25, -0.2) is 4.57 Å². The van der Waals surface area contributed by atoms with Crippen molar-refractivity contribution in [3.8, 4) is 0 Å². The van der Waals surface area contributed by atoms with Crippen LogP contribution in [-0.2, 0) is 37.5 Å². The number of rotatable bonds is 34. The molecule has 11 nitrogen and oxygen atoms in total. The van der Waals surface area contributed by atoms with Gasteiger partial charge in [0.05, 0.1) is 19.3 Å². The number of hydrogen-bond donors (Lipinski definition) is 3. The lowest BCUT2D eigenvalue weighted by molar-refractivity contribution is -0.161. The van der Waals surface area contributed by atoms with Crippen molar-refractivity contribution in [3.05, 3.63) is 36.5 Å². The molecule has 0 bridgehead atoms. The number of unbranched alkanes of at least 4 members (excludes halogenated alkanes) is 14. The highest BCUT2D eigenvalue weighted by molar-refractivity contribution is 7.47. The van der Waals surface area contributed by atoms with Crippen molar-refractivity contribution >= 4 is 25.5 Å². The largest absolute Gasteiger partial charge is 0.472 e. The second kappa shape index (κ2) is 31.2. The Labute approximate surface area is 313 Å². The Kier molecular flexibility index (Phi) is 28.8. The summed E-state index contributed by atoms with van der Waals surface area (Å²) in [4.78, 5) is 47.2. The first-order valence-electron chi connectivity index (χ1n) is 20.0. The summed E-state index contributed by atoms with van der Waals surface area (Å²) >= 11 is 0. The van der Waals surface area contributed by atoms with Gasteiger partial charge in [0.2, 0.25) is 0 Å². The van der Waals surface area contributed by atoms with E-state index in [2.05, 4.69) is 13.8 Å². The van der Waals surface area contributed by atoms with Crippen LogP contribution >= 0.6 is 7.82 Å². The molecule has 0 fully saturated rings. The van der Waals surface area contributed by atoms with Gasteiger partial charge >= 0.3 is 19.8 Å². The second-order valence-corrected chi connectivity index (χ2v) is 15.3. The minimum absolute atomic E-state index is 0.0207. The lowest BCUT2D eigenvalue weighted by atomic mass is 9.90. The molecule has 0 radical (unpaired) electrons. The van der Waals surface area contributed by atoms with Gasteiger partial charge in [-0.2, -0.15) is 0 Å². The number of aliphatic hydroxyl groups is 1. The fourth-order valence-electron chi connectivity index (χ4n) is 5.92. The minimum Gasteiger partial charge on any atom is -0.462 e. The molecule has 0 saturated carbocycles. The lowest BCUT2D eigenvalue weighted by Gasteiger charge is -2.19. The van der Waals surface area contributed by atoms with Gasteiger partial charge in [-0.15, -0.1) is 0 Å². The average molecular weight is 756 g/mol. The number of aliphatic hydroxyl groups excluding tert-OH is 1. The molecule has 1 aliphatic carbocycles. The number of carbonyl (C=O) groups is 3. The molecule has 0 heterocycles. The van der Waals surface area contributed by atoms with E-state index in [0.717, 1.165) is 38.5 Å². The summed E-state index contributed by atoms with van der Waals surface area (Å²) in [5.41, 5.74) is 5.33. The Morgan fingerprint density at radius 2 is 1.46 bits per heavy atom. The molecule has 4 N–H and O–H groups in total. The van der Waals surface area contributed by atoms with Gasteiger partial charge in [0.1, 0.15) is 6.61 Å². The molecule has 1 aliphatic rings. The molecule has 52 heavy (non-hydrogen) atoms. The Hall–Kier alpha value is -2.14. The molecule has 0 saturated heterocycles. The Morgan fingerprint density at radius 1 is 0.846 bits per heavy atom. The number of carbonyl (C=O) groups excluding carboxylic acids is 3. The van der Waals surface area contributed by atoms with Crippen LogP contribution in [0.15, 0.2) is 36.5 Å². The predicted molar refractivity (Wildman–Crippen MR) is 205 cm³/mol.